The standard InChI is InChI=1S/C25H22ClFN2O3/c1-2-24(31)29-14-25(27,15-29)13-28-7-8-32-23-11-20(21(26)12-22(23)28)19-10-17(30)9-16-5-3-4-6-18(16)19/h2-6,9-12,30H,1,7-8,13-15H2. The molecule has 1 amide bonds. The fourth-order valence-electron chi connectivity index (χ4n) is 4.54. The molecule has 0 aromatic heterocycles. The Balaban J connectivity index is 1.48. The van der Waals surface area contributed by atoms with Crippen LogP contribution in [0.25, 0.3) is 21.9 Å². The van der Waals surface area contributed by atoms with E-state index in [1.54, 1.807) is 18.2 Å². The first kappa shape index (κ1) is 20.6. The minimum atomic E-state index is -1.49. The highest BCUT2D eigenvalue weighted by atomic mass is 35.5. The highest BCUT2D eigenvalue weighted by Gasteiger charge is 2.47. The second-order valence-corrected chi connectivity index (χ2v) is 8.74. The molecule has 32 heavy (non-hydrogen) atoms. The second kappa shape index (κ2) is 7.71. The number of fused-ring (bicyclic) bond motifs is 2. The Morgan fingerprint density at radius 3 is 2.78 bits per heavy atom. The Hall–Kier alpha value is -3.25. The third-order valence-electron chi connectivity index (χ3n) is 6.05. The number of anilines is 1. The molecular formula is C25H22ClFN2O3. The van der Waals surface area contributed by atoms with E-state index in [4.69, 9.17) is 16.3 Å². The third kappa shape index (κ3) is 3.54. The molecule has 0 aliphatic carbocycles. The molecule has 2 aliphatic heterocycles. The van der Waals surface area contributed by atoms with Crippen LogP contribution in [0.2, 0.25) is 5.02 Å². The quantitative estimate of drug-likeness (QED) is 0.578. The van der Waals surface area contributed by atoms with Crippen LogP contribution in [-0.2, 0) is 4.79 Å². The normalized spacial score (nSPS) is 16.8. The maximum absolute atomic E-state index is 15.2. The predicted molar refractivity (Wildman–Crippen MR) is 124 cm³/mol. The van der Waals surface area contributed by atoms with Crippen LogP contribution < -0.4 is 9.64 Å². The van der Waals surface area contributed by atoms with Crippen molar-refractivity contribution in [3.05, 3.63) is 66.2 Å². The summed E-state index contributed by atoms with van der Waals surface area (Å²) in [6.45, 7) is 4.64. The van der Waals surface area contributed by atoms with E-state index in [1.165, 1.54) is 11.0 Å². The zero-order valence-electron chi connectivity index (χ0n) is 17.4. The van der Waals surface area contributed by atoms with Gasteiger partial charge in [0.1, 0.15) is 18.1 Å². The van der Waals surface area contributed by atoms with E-state index in [2.05, 4.69) is 6.58 Å². The van der Waals surface area contributed by atoms with Gasteiger partial charge in [-0.1, -0.05) is 42.4 Å². The Kier molecular flexibility index (Phi) is 4.97. The van der Waals surface area contributed by atoms with Crippen molar-refractivity contribution in [1.29, 1.82) is 0 Å². The summed E-state index contributed by atoms with van der Waals surface area (Å²) in [7, 11) is 0. The van der Waals surface area contributed by atoms with Crippen LogP contribution in [0, 0.1) is 0 Å². The van der Waals surface area contributed by atoms with Crippen molar-refractivity contribution >= 4 is 34.0 Å². The molecule has 2 aliphatic rings. The lowest BCUT2D eigenvalue weighted by atomic mass is 9.94. The molecule has 0 bridgehead atoms. The maximum atomic E-state index is 15.2. The second-order valence-electron chi connectivity index (χ2n) is 8.33. The first-order chi connectivity index (χ1) is 15.4. The van der Waals surface area contributed by atoms with Gasteiger partial charge in [0.15, 0.2) is 5.67 Å². The van der Waals surface area contributed by atoms with Crippen molar-refractivity contribution in [2.45, 2.75) is 5.67 Å². The molecule has 7 heteroatoms. The van der Waals surface area contributed by atoms with Gasteiger partial charge in [0, 0.05) is 5.56 Å². The van der Waals surface area contributed by atoms with E-state index in [0.29, 0.717) is 23.9 Å². The zero-order chi connectivity index (χ0) is 22.5. The molecule has 0 radical (unpaired) electrons. The Morgan fingerprint density at radius 1 is 1.22 bits per heavy atom. The number of phenolic OH excluding ortho intramolecular Hbond substituents is 1. The van der Waals surface area contributed by atoms with Gasteiger partial charge in [0.2, 0.25) is 5.91 Å². The minimum Gasteiger partial charge on any atom is -0.508 e. The number of hydrogen-bond donors (Lipinski definition) is 1. The van der Waals surface area contributed by atoms with Crippen LogP contribution in [0.3, 0.4) is 0 Å². The number of amides is 1. The molecule has 3 aromatic carbocycles. The molecule has 1 saturated heterocycles. The highest BCUT2D eigenvalue weighted by molar-refractivity contribution is 6.34. The number of aromatic hydroxyl groups is 1. The summed E-state index contributed by atoms with van der Waals surface area (Å²) in [5, 5.41) is 12.6. The topological polar surface area (TPSA) is 53.0 Å². The molecule has 0 unspecified atom stereocenters. The number of halogens is 2. The molecule has 1 N–H and O–H groups in total. The van der Waals surface area contributed by atoms with Gasteiger partial charge in [-0.15, -0.1) is 0 Å². The molecule has 1 fully saturated rings. The van der Waals surface area contributed by atoms with Crippen LogP contribution in [0.5, 0.6) is 11.5 Å². The van der Waals surface area contributed by atoms with Gasteiger partial charge in [-0.05, 0) is 46.7 Å². The third-order valence-corrected chi connectivity index (χ3v) is 6.37. The van der Waals surface area contributed by atoms with E-state index < -0.39 is 5.67 Å². The number of rotatable bonds is 4. The Labute approximate surface area is 190 Å². The van der Waals surface area contributed by atoms with E-state index in [0.717, 1.165) is 27.6 Å². The maximum Gasteiger partial charge on any atom is 0.246 e. The Morgan fingerprint density at radius 2 is 2.00 bits per heavy atom. The van der Waals surface area contributed by atoms with E-state index in [1.807, 2.05) is 35.2 Å². The number of nitrogens with zero attached hydrogens (tertiary/aromatic N) is 2. The van der Waals surface area contributed by atoms with Gasteiger partial charge in [-0.2, -0.15) is 0 Å². The van der Waals surface area contributed by atoms with Crippen LogP contribution in [0.4, 0.5) is 10.1 Å². The number of alkyl halides is 1. The molecule has 5 rings (SSSR count). The number of carbonyl (C=O) groups excluding carboxylic acids is 1. The zero-order valence-corrected chi connectivity index (χ0v) is 18.1. The number of carbonyl (C=O) groups is 1. The number of ether oxygens (including phenoxy) is 1. The van der Waals surface area contributed by atoms with E-state index >= 15 is 4.39 Å². The molecule has 0 spiro atoms. The van der Waals surface area contributed by atoms with Gasteiger partial charge in [-0.25, -0.2) is 4.39 Å². The van der Waals surface area contributed by atoms with Crippen molar-refractivity contribution in [2.75, 3.05) is 37.7 Å². The lowest BCUT2D eigenvalue weighted by Crippen LogP contribution is -2.65. The summed E-state index contributed by atoms with van der Waals surface area (Å²) < 4.78 is 21.1. The summed E-state index contributed by atoms with van der Waals surface area (Å²) in [5.41, 5.74) is 0.772. The van der Waals surface area contributed by atoms with Crippen LogP contribution in [-0.4, -0.2) is 54.4 Å². The summed E-state index contributed by atoms with van der Waals surface area (Å²) in [5.74, 6) is 0.509. The van der Waals surface area contributed by atoms with E-state index in [9.17, 15) is 9.90 Å². The molecule has 3 aromatic rings. The van der Waals surface area contributed by atoms with Crippen LogP contribution in [0.1, 0.15) is 0 Å². The van der Waals surface area contributed by atoms with E-state index in [-0.39, 0.29) is 31.3 Å². The van der Waals surface area contributed by atoms with Crippen molar-refractivity contribution < 1.29 is 19.0 Å². The number of hydrogen-bond acceptors (Lipinski definition) is 4. The number of phenols is 1. The summed E-state index contributed by atoms with van der Waals surface area (Å²) >= 11 is 6.69. The van der Waals surface area contributed by atoms with Crippen molar-refractivity contribution in [3.63, 3.8) is 0 Å². The smallest absolute Gasteiger partial charge is 0.246 e. The summed E-state index contributed by atoms with van der Waals surface area (Å²) in [6, 6.07) is 14.8. The van der Waals surface area contributed by atoms with Gasteiger partial charge < -0.3 is 19.6 Å². The monoisotopic (exact) mass is 452 g/mol. The average Bonchev–Trinajstić information content (AvgIpc) is 2.76. The molecule has 0 atom stereocenters. The molecule has 0 saturated carbocycles. The largest absolute Gasteiger partial charge is 0.508 e. The highest BCUT2D eigenvalue weighted by Crippen LogP contribution is 2.44. The first-order valence-electron chi connectivity index (χ1n) is 10.4. The van der Waals surface area contributed by atoms with Crippen LogP contribution >= 0.6 is 11.6 Å². The van der Waals surface area contributed by atoms with Crippen molar-refractivity contribution in [1.82, 2.24) is 4.90 Å². The van der Waals surface area contributed by atoms with Crippen LogP contribution in [0.15, 0.2) is 61.2 Å². The first-order valence-corrected chi connectivity index (χ1v) is 10.8. The van der Waals surface area contributed by atoms with Crippen molar-refractivity contribution in [2.24, 2.45) is 0 Å². The van der Waals surface area contributed by atoms with Gasteiger partial charge in [0.25, 0.3) is 0 Å². The lowest BCUT2D eigenvalue weighted by Gasteiger charge is -2.47. The molecule has 5 nitrogen and oxygen atoms in total. The lowest BCUT2D eigenvalue weighted by molar-refractivity contribution is -0.139. The van der Waals surface area contributed by atoms with Crippen molar-refractivity contribution in [3.8, 4) is 22.6 Å². The SMILES string of the molecule is C=CC(=O)N1CC(F)(CN2CCOc3cc(-c4cc(O)cc5ccccc45)c(Cl)cc32)C1. The van der Waals surface area contributed by atoms with Gasteiger partial charge >= 0.3 is 0 Å². The summed E-state index contributed by atoms with van der Waals surface area (Å²) in [4.78, 5) is 15.0. The fourth-order valence-corrected chi connectivity index (χ4v) is 4.80. The number of likely N-dealkylation sites (tertiary alicyclic amines) is 1. The number of benzene rings is 3. The van der Waals surface area contributed by atoms with Gasteiger partial charge in [-0.3, -0.25) is 4.79 Å². The molecular weight excluding hydrogens is 431 g/mol. The van der Waals surface area contributed by atoms with Gasteiger partial charge in [0.05, 0.1) is 36.9 Å². The Bertz CT molecular complexity index is 1240. The minimum absolute atomic E-state index is 0.0473. The summed E-state index contributed by atoms with van der Waals surface area (Å²) in [6.07, 6.45) is 1.20. The fraction of sp³-hybridized carbons (Fsp3) is 0.240. The molecule has 2 heterocycles. The molecule has 164 valence electrons. The average molecular weight is 453 g/mol. The predicted octanol–water partition coefficient (Wildman–Crippen LogP) is 4.80.